The zero-order chi connectivity index (χ0) is 17.5. The number of nitrogens with one attached hydrogen (secondary N) is 2. The number of halogens is 1. The standard InChI is InChI=1S/C16H21ClN2O4/c1-3-5-13(20)18-10-14(21)19-16(4-2,15(22)23)11-6-8-12(17)9-7-11/h6-9H,3-5,10H2,1-2H3,(H,18,20)(H,19,21)(H,22,23). The van der Waals surface area contributed by atoms with E-state index in [4.69, 9.17) is 11.6 Å². The number of carbonyl (C=O) groups excluding carboxylic acids is 2. The summed E-state index contributed by atoms with van der Waals surface area (Å²) in [4.78, 5) is 35.2. The van der Waals surface area contributed by atoms with Gasteiger partial charge in [0, 0.05) is 11.4 Å². The highest BCUT2D eigenvalue weighted by atomic mass is 35.5. The van der Waals surface area contributed by atoms with Gasteiger partial charge in [-0.2, -0.15) is 0 Å². The molecule has 2 amide bonds. The van der Waals surface area contributed by atoms with E-state index in [1.54, 1.807) is 31.2 Å². The smallest absolute Gasteiger partial charge is 0.334 e. The molecule has 0 radical (unpaired) electrons. The first kappa shape index (κ1) is 19.0. The first-order valence-electron chi connectivity index (χ1n) is 7.42. The van der Waals surface area contributed by atoms with Crippen LogP contribution in [0, 0.1) is 0 Å². The molecular formula is C16H21ClN2O4. The molecule has 6 nitrogen and oxygen atoms in total. The molecule has 0 saturated heterocycles. The van der Waals surface area contributed by atoms with Crippen molar-refractivity contribution in [2.75, 3.05) is 6.54 Å². The summed E-state index contributed by atoms with van der Waals surface area (Å²) in [6, 6.07) is 6.27. The molecule has 7 heteroatoms. The van der Waals surface area contributed by atoms with E-state index in [0.717, 1.165) is 0 Å². The second kappa shape index (κ2) is 8.53. The Kier molecular flexibility index (Phi) is 7.03. The second-order valence-electron chi connectivity index (χ2n) is 5.15. The van der Waals surface area contributed by atoms with Crippen molar-refractivity contribution in [2.24, 2.45) is 0 Å². The van der Waals surface area contributed by atoms with Crippen LogP contribution in [0.25, 0.3) is 0 Å². The first-order valence-corrected chi connectivity index (χ1v) is 7.80. The lowest BCUT2D eigenvalue weighted by Crippen LogP contribution is -2.53. The van der Waals surface area contributed by atoms with Crippen LogP contribution in [-0.2, 0) is 19.9 Å². The van der Waals surface area contributed by atoms with Crippen molar-refractivity contribution >= 4 is 29.4 Å². The van der Waals surface area contributed by atoms with Crippen LogP contribution < -0.4 is 10.6 Å². The minimum atomic E-state index is -1.56. The van der Waals surface area contributed by atoms with E-state index in [0.29, 0.717) is 23.4 Å². The molecular weight excluding hydrogens is 320 g/mol. The van der Waals surface area contributed by atoms with E-state index >= 15 is 0 Å². The lowest BCUT2D eigenvalue weighted by molar-refractivity contribution is -0.148. The fourth-order valence-corrected chi connectivity index (χ4v) is 2.33. The summed E-state index contributed by atoms with van der Waals surface area (Å²) in [7, 11) is 0. The minimum Gasteiger partial charge on any atom is -0.479 e. The van der Waals surface area contributed by atoms with E-state index in [-0.39, 0.29) is 18.9 Å². The van der Waals surface area contributed by atoms with Crippen LogP contribution in [0.5, 0.6) is 0 Å². The van der Waals surface area contributed by atoms with E-state index in [9.17, 15) is 19.5 Å². The molecule has 1 aromatic carbocycles. The quantitative estimate of drug-likeness (QED) is 0.675. The van der Waals surface area contributed by atoms with E-state index in [1.165, 1.54) is 0 Å². The van der Waals surface area contributed by atoms with Gasteiger partial charge in [0.2, 0.25) is 11.8 Å². The number of amides is 2. The summed E-state index contributed by atoms with van der Waals surface area (Å²) >= 11 is 5.82. The van der Waals surface area contributed by atoms with Gasteiger partial charge in [0.1, 0.15) is 0 Å². The van der Waals surface area contributed by atoms with Gasteiger partial charge in [-0.3, -0.25) is 9.59 Å². The molecule has 0 aliphatic heterocycles. The van der Waals surface area contributed by atoms with E-state index < -0.39 is 17.4 Å². The minimum absolute atomic E-state index is 0.151. The van der Waals surface area contributed by atoms with Gasteiger partial charge >= 0.3 is 5.97 Å². The van der Waals surface area contributed by atoms with Gasteiger partial charge in [0.15, 0.2) is 5.54 Å². The molecule has 0 fully saturated rings. The molecule has 0 aromatic heterocycles. The average Bonchev–Trinajstić information content (AvgIpc) is 2.51. The number of benzene rings is 1. The van der Waals surface area contributed by atoms with Gasteiger partial charge in [0.25, 0.3) is 0 Å². The lowest BCUT2D eigenvalue weighted by atomic mass is 9.87. The normalized spacial score (nSPS) is 13.0. The Hall–Kier alpha value is -2.08. The molecule has 0 aliphatic rings. The van der Waals surface area contributed by atoms with Gasteiger partial charge in [0.05, 0.1) is 6.54 Å². The molecule has 0 spiro atoms. The summed E-state index contributed by atoms with van der Waals surface area (Å²) in [6.07, 6.45) is 1.15. The number of carboxylic acid groups (broad SMARTS) is 1. The van der Waals surface area contributed by atoms with Crippen LogP contribution in [0.1, 0.15) is 38.7 Å². The van der Waals surface area contributed by atoms with Crippen molar-refractivity contribution in [3.05, 3.63) is 34.9 Å². The van der Waals surface area contributed by atoms with Gasteiger partial charge in [-0.1, -0.05) is 37.6 Å². The average molecular weight is 341 g/mol. The Morgan fingerprint density at radius 3 is 2.22 bits per heavy atom. The maximum Gasteiger partial charge on any atom is 0.334 e. The summed E-state index contributed by atoms with van der Waals surface area (Å²) in [5.74, 6) is -1.98. The topological polar surface area (TPSA) is 95.5 Å². The molecule has 1 atom stereocenters. The predicted molar refractivity (Wildman–Crippen MR) is 87.1 cm³/mol. The van der Waals surface area contributed by atoms with Crippen molar-refractivity contribution in [3.8, 4) is 0 Å². The van der Waals surface area contributed by atoms with E-state index in [1.807, 2.05) is 6.92 Å². The van der Waals surface area contributed by atoms with Crippen LogP contribution in [0.15, 0.2) is 24.3 Å². The SMILES string of the molecule is CCCC(=O)NCC(=O)NC(CC)(C(=O)O)c1ccc(Cl)cc1. The zero-order valence-electron chi connectivity index (χ0n) is 13.2. The Bertz CT molecular complexity index is 574. The number of hydrogen-bond donors (Lipinski definition) is 3. The van der Waals surface area contributed by atoms with Crippen LogP contribution in [0.2, 0.25) is 5.02 Å². The molecule has 126 valence electrons. The van der Waals surface area contributed by atoms with Crippen LogP contribution in [0.3, 0.4) is 0 Å². The van der Waals surface area contributed by atoms with E-state index in [2.05, 4.69) is 10.6 Å². The van der Waals surface area contributed by atoms with Crippen LogP contribution >= 0.6 is 11.6 Å². The number of carboxylic acids is 1. The Balaban J connectivity index is 2.90. The monoisotopic (exact) mass is 340 g/mol. The highest BCUT2D eigenvalue weighted by molar-refractivity contribution is 6.30. The number of rotatable bonds is 8. The van der Waals surface area contributed by atoms with Gasteiger partial charge in [-0.05, 0) is 30.5 Å². The number of carbonyl (C=O) groups is 3. The molecule has 23 heavy (non-hydrogen) atoms. The highest BCUT2D eigenvalue weighted by Gasteiger charge is 2.40. The summed E-state index contributed by atoms with van der Waals surface area (Å²) in [5, 5.41) is 15.1. The third-order valence-electron chi connectivity index (χ3n) is 3.51. The van der Waals surface area contributed by atoms with Crippen molar-refractivity contribution in [1.82, 2.24) is 10.6 Å². The molecule has 0 bridgehead atoms. The number of aliphatic carboxylic acids is 1. The van der Waals surface area contributed by atoms with Crippen molar-refractivity contribution in [1.29, 1.82) is 0 Å². The predicted octanol–water partition coefficient (Wildman–Crippen LogP) is 2.06. The van der Waals surface area contributed by atoms with Crippen molar-refractivity contribution < 1.29 is 19.5 Å². The second-order valence-corrected chi connectivity index (χ2v) is 5.58. The molecule has 1 aromatic rings. The molecule has 1 unspecified atom stereocenters. The number of hydrogen-bond acceptors (Lipinski definition) is 3. The summed E-state index contributed by atoms with van der Waals surface area (Å²) in [5.41, 5.74) is -1.14. The highest BCUT2D eigenvalue weighted by Crippen LogP contribution is 2.26. The maximum atomic E-state index is 12.1. The fraction of sp³-hybridized carbons (Fsp3) is 0.438. The van der Waals surface area contributed by atoms with Crippen LogP contribution in [0.4, 0.5) is 0 Å². The Morgan fingerprint density at radius 1 is 1.13 bits per heavy atom. The third kappa shape index (κ3) is 4.96. The van der Waals surface area contributed by atoms with Gasteiger partial charge < -0.3 is 15.7 Å². The maximum absolute atomic E-state index is 12.1. The summed E-state index contributed by atoms with van der Waals surface area (Å²) < 4.78 is 0. The van der Waals surface area contributed by atoms with Crippen LogP contribution in [-0.4, -0.2) is 29.4 Å². The van der Waals surface area contributed by atoms with Gasteiger partial charge in [-0.25, -0.2) is 4.79 Å². The largest absolute Gasteiger partial charge is 0.479 e. The fourth-order valence-electron chi connectivity index (χ4n) is 2.20. The van der Waals surface area contributed by atoms with Crippen molar-refractivity contribution in [2.45, 2.75) is 38.6 Å². The van der Waals surface area contributed by atoms with Crippen molar-refractivity contribution in [3.63, 3.8) is 0 Å². The molecule has 0 aliphatic carbocycles. The zero-order valence-corrected chi connectivity index (χ0v) is 13.9. The molecule has 0 heterocycles. The molecule has 3 N–H and O–H groups in total. The Labute approximate surface area is 140 Å². The lowest BCUT2D eigenvalue weighted by Gasteiger charge is -2.30. The third-order valence-corrected chi connectivity index (χ3v) is 3.76. The molecule has 1 rings (SSSR count). The first-order chi connectivity index (χ1) is 10.9. The molecule has 0 saturated carbocycles. The van der Waals surface area contributed by atoms with Gasteiger partial charge in [-0.15, -0.1) is 0 Å². The summed E-state index contributed by atoms with van der Waals surface area (Å²) in [6.45, 7) is 3.26. The Morgan fingerprint density at radius 2 is 1.74 bits per heavy atom.